The van der Waals surface area contributed by atoms with Gasteiger partial charge in [-0.15, -0.1) is 0 Å². The molecule has 2 atom stereocenters. The fourth-order valence-electron chi connectivity index (χ4n) is 9.08. The van der Waals surface area contributed by atoms with Gasteiger partial charge in [0.15, 0.2) is 0 Å². The first-order valence-corrected chi connectivity index (χ1v) is 22.8. The Labute approximate surface area is 392 Å². The van der Waals surface area contributed by atoms with Crippen molar-refractivity contribution in [2.45, 2.75) is 55.8 Å². The van der Waals surface area contributed by atoms with E-state index in [1.807, 2.05) is 103 Å². The van der Waals surface area contributed by atoms with E-state index in [1.165, 1.54) is 0 Å². The van der Waals surface area contributed by atoms with Crippen LogP contribution in [0.25, 0.3) is 11.1 Å². The molecule has 67 heavy (non-hydrogen) atoms. The molecular formula is C57H56N4O6. The average molecular weight is 893 g/mol. The molecule has 7 aromatic carbocycles. The van der Waals surface area contributed by atoms with Crippen LogP contribution < -0.4 is 26.0 Å². The fraction of sp³-hybridized carbons (Fsp3) is 0.211. The third kappa shape index (κ3) is 11.0. The molecule has 0 radical (unpaired) electrons. The van der Waals surface area contributed by atoms with Crippen LogP contribution in [-0.4, -0.2) is 55.4 Å². The van der Waals surface area contributed by atoms with Crippen molar-refractivity contribution in [3.05, 3.63) is 227 Å². The number of aliphatic hydroxyl groups excluding tert-OH is 1. The van der Waals surface area contributed by atoms with Crippen LogP contribution in [0.15, 0.2) is 188 Å². The number of unbranched alkanes of at least 4 members (excludes halogenated alkanes) is 1. The van der Waals surface area contributed by atoms with Gasteiger partial charge in [-0.3, -0.25) is 14.9 Å². The van der Waals surface area contributed by atoms with Crippen molar-refractivity contribution in [2.24, 2.45) is 0 Å². The second-order valence-corrected chi connectivity index (χ2v) is 16.8. The van der Waals surface area contributed by atoms with Crippen LogP contribution in [0.1, 0.15) is 64.1 Å². The number of benzene rings is 7. The molecule has 0 fully saturated rings. The summed E-state index contributed by atoms with van der Waals surface area (Å²) in [5.41, 5.74) is 8.90. The van der Waals surface area contributed by atoms with Gasteiger partial charge in [-0.1, -0.05) is 164 Å². The zero-order valence-corrected chi connectivity index (χ0v) is 37.6. The van der Waals surface area contributed by atoms with Gasteiger partial charge in [0, 0.05) is 18.0 Å². The summed E-state index contributed by atoms with van der Waals surface area (Å²) in [4.78, 5) is 42.3. The van der Waals surface area contributed by atoms with Gasteiger partial charge in [-0.2, -0.15) is 0 Å². The summed E-state index contributed by atoms with van der Waals surface area (Å²) in [5.74, 6) is -0.318. The van der Waals surface area contributed by atoms with Gasteiger partial charge < -0.3 is 30.5 Å². The molecule has 8 rings (SSSR count). The Kier molecular flexibility index (Phi) is 15.2. The average Bonchev–Trinajstić information content (AvgIpc) is 3.70. The quantitative estimate of drug-likeness (QED) is 0.0380. The zero-order valence-electron chi connectivity index (χ0n) is 37.6. The monoisotopic (exact) mass is 892 g/mol. The number of carbonyl (C=O) groups is 3. The van der Waals surface area contributed by atoms with Crippen LogP contribution in [-0.2, 0) is 32.9 Å². The third-order valence-electron chi connectivity index (χ3n) is 12.5. The number of nitrogens with one attached hydrogen (secondary N) is 4. The second-order valence-electron chi connectivity index (χ2n) is 16.8. The number of anilines is 1. The summed E-state index contributed by atoms with van der Waals surface area (Å²) >= 11 is 0. The predicted molar refractivity (Wildman–Crippen MR) is 263 cm³/mol. The highest BCUT2D eigenvalue weighted by Gasteiger charge is 2.36. The van der Waals surface area contributed by atoms with Crippen molar-refractivity contribution in [1.29, 1.82) is 0 Å². The van der Waals surface area contributed by atoms with E-state index in [1.54, 1.807) is 31.4 Å². The lowest BCUT2D eigenvalue weighted by Crippen LogP contribution is -2.53. The van der Waals surface area contributed by atoms with Crippen LogP contribution >= 0.6 is 0 Å². The van der Waals surface area contributed by atoms with Crippen molar-refractivity contribution in [3.8, 4) is 16.9 Å². The minimum atomic E-state index is -1.05. The highest BCUT2D eigenvalue weighted by molar-refractivity contribution is 5.98. The van der Waals surface area contributed by atoms with Crippen LogP contribution in [0.2, 0.25) is 0 Å². The minimum Gasteiger partial charge on any atom is -0.497 e. The molecule has 0 bridgehead atoms. The molecule has 0 saturated carbocycles. The summed E-state index contributed by atoms with van der Waals surface area (Å²) in [6, 6.07) is 59.3. The van der Waals surface area contributed by atoms with Crippen molar-refractivity contribution >= 4 is 23.6 Å². The highest BCUT2D eigenvalue weighted by atomic mass is 16.5. The SMILES string of the molecule is COc1ccc(C(NCCCCC(NC(=O)C(Cc2ccccc2)NC(=O)OCC2c3ccccc3-c3ccccc32)C(=O)Nc2ccc(CO)cc2)(c2ccccc2)c2ccccc2)cc1. The number of hydrogen-bond donors (Lipinski definition) is 5. The Morgan fingerprint density at radius 3 is 1.72 bits per heavy atom. The van der Waals surface area contributed by atoms with Crippen molar-refractivity contribution < 1.29 is 29.0 Å². The lowest BCUT2D eigenvalue weighted by atomic mass is 9.77. The number of methoxy groups -OCH3 is 1. The Morgan fingerprint density at radius 1 is 0.582 bits per heavy atom. The van der Waals surface area contributed by atoms with E-state index in [-0.39, 0.29) is 25.6 Å². The van der Waals surface area contributed by atoms with Gasteiger partial charge in [0.2, 0.25) is 11.8 Å². The first kappa shape index (κ1) is 46.0. The second kappa shape index (κ2) is 22.1. The number of carbonyl (C=O) groups excluding carboxylic acids is 3. The standard InChI is InChI=1S/C57H56N4O6/c1-66-46-34-30-44(31-35-46)57(42-19-7-3-8-20-42,43-21-9-4-10-22-43)58-36-16-15-27-52(54(63)59-45-32-28-41(38-62)29-33-45)60-55(64)53(37-40-17-5-2-6-18-40)61-56(65)67-39-51-49-25-13-11-23-47(49)48-24-12-14-26-50(48)51/h2-14,17-26,28-35,51-53,58,62H,15-16,27,36-39H2,1H3,(H,59,63)(H,60,64)(H,61,65). The van der Waals surface area contributed by atoms with Crippen LogP contribution in [0, 0.1) is 0 Å². The van der Waals surface area contributed by atoms with Gasteiger partial charge in [0.1, 0.15) is 24.4 Å². The predicted octanol–water partition coefficient (Wildman–Crippen LogP) is 9.51. The molecule has 2 unspecified atom stereocenters. The maximum absolute atomic E-state index is 14.4. The molecule has 340 valence electrons. The van der Waals surface area contributed by atoms with Crippen molar-refractivity contribution in [2.75, 3.05) is 25.6 Å². The highest BCUT2D eigenvalue weighted by Crippen LogP contribution is 2.44. The smallest absolute Gasteiger partial charge is 0.407 e. The van der Waals surface area contributed by atoms with E-state index in [2.05, 4.69) is 81.9 Å². The molecular weight excluding hydrogens is 837 g/mol. The number of fused-ring (bicyclic) bond motifs is 3. The van der Waals surface area contributed by atoms with Gasteiger partial charge in [0.05, 0.1) is 19.3 Å². The number of aliphatic hydroxyl groups is 1. The molecule has 7 aromatic rings. The molecule has 1 aliphatic carbocycles. The Bertz CT molecular complexity index is 2630. The molecule has 0 spiro atoms. The lowest BCUT2D eigenvalue weighted by molar-refractivity contribution is -0.128. The molecule has 0 heterocycles. The van der Waals surface area contributed by atoms with Gasteiger partial charge in [0.25, 0.3) is 0 Å². The lowest BCUT2D eigenvalue weighted by Gasteiger charge is -2.37. The van der Waals surface area contributed by atoms with Crippen LogP contribution in [0.5, 0.6) is 5.75 Å². The summed E-state index contributed by atoms with van der Waals surface area (Å²) in [7, 11) is 1.66. The summed E-state index contributed by atoms with van der Waals surface area (Å²) < 4.78 is 11.4. The van der Waals surface area contributed by atoms with E-state index >= 15 is 0 Å². The van der Waals surface area contributed by atoms with Gasteiger partial charge in [-0.25, -0.2) is 4.79 Å². The van der Waals surface area contributed by atoms with Crippen molar-refractivity contribution in [1.82, 2.24) is 16.0 Å². The number of amides is 3. The van der Waals surface area contributed by atoms with E-state index in [4.69, 9.17) is 9.47 Å². The Morgan fingerprint density at radius 2 is 1.13 bits per heavy atom. The van der Waals surface area contributed by atoms with E-state index < -0.39 is 35.5 Å². The normalized spacial score (nSPS) is 12.8. The third-order valence-corrected chi connectivity index (χ3v) is 12.5. The first-order valence-electron chi connectivity index (χ1n) is 22.8. The summed E-state index contributed by atoms with van der Waals surface area (Å²) in [6.07, 6.45) is 0.979. The molecule has 1 aliphatic rings. The number of alkyl carbamates (subject to hydrolysis) is 1. The summed E-state index contributed by atoms with van der Waals surface area (Å²) in [5, 5.41) is 22.3. The van der Waals surface area contributed by atoms with E-state index in [9.17, 15) is 19.5 Å². The van der Waals surface area contributed by atoms with Gasteiger partial charge >= 0.3 is 6.09 Å². The molecule has 0 saturated heterocycles. The Balaban J connectivity index is 0.994. The van der Waals surface area contributed by atoms with E-state index in [0.29, 0.717) is 37.1 Å². The largest absolute Gasteiger partial charge is 0.497 e. The number of ether oxygens (including phenoxy) is 2. The molecule has 5 N–H and O–H groups in total. The minimum absolute atomic E-state index is 0.0853. The maximum Gasteiger partial charge on any atom is 0.407 e. The zero-order chi connectivity index (χ0) is 46.4. The van der Waals surface area contributed by atoms with Crippen molar-refractivity contribution in [3.63, 3.8) is 0 Å². The maximum atomic E-state index is 14.4. The first-order chi connectivity index (χ1) is 32.9. The molecule has 0 aromatic heterocycles. The molecule has 0 aliphatic heterocycles. The molecule has 3 amide bonds. The summed E-state index contributed by atoms with van der Waals surface area (Å²) in [6.45, 7) is 0.525. The van der Waals surface area contributed by atoms with Gasteiger partial charge in [-0.05, 0) is 100 Å². The number of hydrogen-bond acceptors (Lipinski definition) is 7. The molecule has 10 heteroatoms. The van der Waals surface area contributed by atoms with Crippen LogP contribution in [0.3, 0.4) is 0 Å². The fourth-order valence-corrected chi connectivity index (χ4v) is 9.08. The van der Waals surface area contributed by atoms with E-state index in [0.717, 1.165) is 50.3 Å². The topological polar surface area (TPSA) is 138 Å². The Hall–Kier alpha value is -7.53. The number of rotatable bonds is 20. The van der Waals surface area contributed by atoms with Crippen LogP contribution in [0.4, 0.5) is 10.5 Å². The molecule has 10 nitrogen and oxygen atoms in total.